The van der Waals surface area contributed by atoms with Gasteiger partial charge in [0, 0.05) is 11.5 Å². The fraction of sp³-hybridized carbons (Fsp3) is 0.500. The van der Waals surface area contributed by atoms with E-state index in [-0.39, 0.29) is 11.2 Å². The number of H-pyrrole nitrogens is 1. The van der Waals surface area contributed by atoms with E-state index < -0.39 is 17.2 Å². The lowest BCUT2D eigenvalue weighted by molar-refractivity contribution is -0.0555. The van der Waals surface area contributed by atoms with E-state index in [1.807, 2.05) is 27.7 Å². The summed E-state index contributed by atoms with van der Waals surface area (Å²) >= 11 is 5.17. The Morgan fingerprint density at radius 3 is 2.48 bits per heavy atom. The Morgan fingerprint density at radius 1 is 1.30 bits per heavy atom. The van der Waals surface area contributed by atoms with Crippen LogP contribution in [0.2, 0.25) is 0 Å². The van der Waals surface area contributed by atoms with Crippen molar-refractivity contribution >= 4 is 12.2 Å². The van der Waals surface area contributed by atoms with E-state index in [9.17, 15) is 8.78 Å². The molecule has 1 aromatic carbocycles. The lowest BCUT2D eigenvalue weighted by Gasteiger charge is -2.44. The molecule has 0 spiro atoms. The van der Waals surface area contributed by atoms with Crippen molar-refractivity contribution in [1.29, 1.82) is 0 Å². The zero-order valence-corrected chi connectivity index (χ0v) is 14.5. The number of ether oxygens (including phenoxy) is 1. The molecule has 0 radical (unpaired) electrons. The monoisotopic (exact) mass is 341 g/mol. The second kappa shape index (κ2) is 6.39. The topological polar surface area (TPSA) is 42.8 Å². The van der Waals surface area contributed by atoms with Crippen LogP contribution >= 0.6 is 12.2 Å². The summed E-state index contributed by atoms with van der Waals surface area (Å²) in [6, 6.07) is 3.32. The Labute approximate surface area is 139 Å². The van der Waals surface area contributed by atoms with Gasteiger partial charge < -0.3 is 4.74 Å². The molecule has 2 aromatic rings. The lowest BCUT2D eigenvalue weighted by Crippen LogP contribution is -2.51. The minimum atomic E-state index is -0.754. The maximum absolute atomic E-state index is 14.1. The van der Waals surface area contributed by atoms with Crippen LogP contribution in [0.15, 0.2) is 24.5 Å². The van der Waals surface area contributed by atoms with Crippen LogP contribution in [-0.2, 0) is 6.54 Å². The summed E-state index contributed by atoms with van der Waals surface area (Å²) in [5, 5.41) is 2.94. The molecule has 0 aliphatic heterocycles. The Morgan fingerprint density at radius 2 is 2.00 bits per heavy atom. The molecule has 2 rings (SSSR count). The molecule has 0 amide bonds. The molecule has 0 fully saturated rings. The SMILES string of the molecule is CCC(Cn1[nH]cnc1=S)(Oc1ccc(F)cc1F)C(C)(C)C. The van der Waals surface area contributed by atoms with E-state index in [1.54, 1.807) is 4.68 Å². The second-order valence-electron chi connectivity index (χ2n) is 6.53. The molecule has 0 saturated heterocycles. The molecule has 126 valence electrons. The van der Waals surface area contributed by atoms with Gasteiger partial charge in [0.15, 0.2) is 11.6 Å². The summed E-state index contributed by atoms with van der Waals surface area (Å²) in [6.45, 7) is 8.38. The van der Waals surface area contributed by atoms with Crippen LogP contribution in [0, 0.1) is 21.8 Å². The summed E-state index contributed by atoms with van der Waals surface area (Å²) in [5.74, 6) is -1.34. The van der Waals surface area contributed by atoms with Gasteiger partial charge in [0.25, 0.3) is 0 Å². The standard InChI is InChI=1S/C16H21F2N3OS/c1-5-16(15(2,3)4,9-21-14(23)19-10-20-21)22-13-7-6-11(17)8-12(13)18/h6-8,10H,5,9H2,1-4H3,(H,19,20,23). The number of benzene rings is 1. The Bertz CT molecular complexity index is 735. The highest BCUT2D eigenvalue weighted by Gasteiger charge is 2.44. The number of halogens is 2. The van der Waals surface area contributed by atoms with Crippen molar-refractivity contribution in [2.24, 2.45) is 5.41 Å². The van der Waals surface area contributed by atoms with E-state index >= 15 is 0 Å². The first-order chi connectivity index (χ1) is 10.7. The van der Waals surface area contributed by atoms with Crippen LogP contribution in [0.5, 0.6) is 5.75 Å². The maximum atomic E-state index is 14.1. The maximum Gasteiger partial charge on any atom is 0.215 e. The molecule has 4 nitrogen and oxygen atoms in total. The first-order valence-corrected chi connectivity index (χ1v) is 7.83. The molecule has 1 heterocycles. The smallest absolute Gasteiger partial charge is 0.215 e. The van der Waals surface area contributed by atoms with Crippen LogP contribution in [0.3, 0.4) is 0 Å². The second-order valence-corrected chi connectivity index (χ2v) is 6.90. The molecular weight excluding hydrogens is 320 g/mol. The van der Waals surface area contributed by atoms with Crippen LogP contribution in [0.1, 0.15) is 34.1 Å². The average Bonchev–Trinajstić information content (AvgIpc) is 2.85. The normalized spacial score (nSPS) is 14.5. The molecule has 1 N–H and O–H groups in total. The first-order valence-electron chi connectivity index (χ1n) is 7.43. The van der Waals surface area contributed by atoms with Gasteiger partial charge in [0.1, 0.15) is 17.7 Å². The third kappa shape index (κ3) is 3.60. The van der Waals surface area contributed by atoms with Gasteiger partial charge in [-0.15, -0.1) is 0 Å². The van der Waals surface area contributed by atoms with Crippen LogP contribution < -0.4 is 4.74 Å². The van der Waals surface area contributed by atoms with Gasteiger partial charge in [-0.25, -0.2) is 13.8 Å². The molecule has 1 unspecified atom stereocenters. The molecule has 1 aromatic heterocycles. The fourth-order valence-electron chi connectivity index (χ4n) is 2.55. The zero-order chi connectivity index (χ0) is 17.3. The summed E-state index contributed by atoms with van der Waals surface area (Å²) in [7, 11) is 0. The van der Waals surface area contributed by atoms with Gasteiger partial charge in [-0.3, -0.25) is 9.78 Å². The van der Waals surface area contributed by atoms with Crippen molar-refractivity contribution in [2.45, 2.75) is 46.3 Å². The van der Waals surface area contributed by atoms with Crippen molar-refractivity contribution < 1.29 is 13.5 Å². The molecule has 7 heteroatoms. The van der Waals surface area contributed by atoms with Gasteiger partial charge in [-0.1, -0.05) is 27.7 Å². The predicted octanol–water partition coefficient (Wildman–Crippen LogP) is 4.49. The van der Waals surface area contributed by atoms with Crippen molar-refractivity contribution in [2.75, 3.05) is 0 Å². The van der Waals surface area contributed by atoms with Crippen molar-refractivity contribution in [1.82, 2.24) is 14.8 Å². The summed E-state index contributed by atoms with van der Waals surface area (Å²) in [6.07, 6.45) is 2.11. The van der Waals surface area contributed by atoms with Gasteiger partial charge in [0.05, 0.1) is 6.54 Å². The Kier molecular flexibility index (Phi) is 4.89. The first kappa shape index (κ1) is 17.6. The summed E-state index contributed by atoms with van der Waals surface area (Å²) < 4.78 is 35.3. The molecule has 0 aliphatic rings. The van der Waals surface area contributed by atoms with Gasteiger partial charge in [0.2, 0.25) is 4.77 Å². The minimum Gasteiger partial charge on any atom is -0.482 e. The molecule has 23 heavy (non-hydrogen) atoms. The number of aromatic nitrogens is 3. The highest BCUT2D eigenvalue weighted by Crippen LogP contribution is 2.39. The summed E-state index contributed by atoms with van der Waals surface area (Å²) in [5.41, 5.74) is -1.08. The van der Waals surface area contributed by atoms with E-state index in [0.29, 0.717) is 17.7 Å². The molecule has 0 saturated carbocycles. The zero-order valence-electron chi connectivity index (χ0n) is 13.7. The number of nitrogens with zero attached hydrogens (tertiary/aromatic N) is 2. The Balaban J connectivity index is 2.45. The van der Waals surface area contributed by atoms with Crippen LogP contribution in [0.4, 0.5) is 8.78 Å². The van der Waals surface area contributed by atoms with E-state index in [2.05, 4.69) is 10.1 Å². The largest absolute Gasteiger partial charge is 0.482 e. The van der Waals surface area contributed by atoms with Crippen molar-refractivity contribution in [3.8, 4) is 5.75 Å². The summed E-state index contributed by atoms with van der Waals surface area (Å²) in [4.78, 5) is 4.00. The van der Waals surface area contributed by atoms with Crippen LogP contribution in [0.25, 0.3) is 0 Å². The number of nitrogens with one attached hydrogen (secondary N) is 1. The quantitative estimate of drug-likeness (QED) is 0.815. The molecule has 0 aliphatic carbocycles. The molecule has 0 bridgehead atoms. The van der Waals surface area contributed by atoms with Crippen LogP contribution in [-0.4, -0.2) is 20.4 Å². The van der Waals surface area contributed by atoms with E-state index in [4.69, 9.17) is 17.0 Å². The van der Waals surface area contributed by atoms with Gasteiger partial charge in [-0.05, 0) is 30.8 Å². The third-order valence-corrected chi connectivity index (χ3v) is 4.50. The lowest BCUT2D eigenvalue weighted by atomic mass is 9.74. The molecular formula is C16H21F2N3OS. The van der Waals surface area contributed by atoms with E-state index in [1.165, 1.54) is 18.5 Å². The fourth-order valence-corrected chi connectivity index (χ4v) is 2.72. The number of aromatic amines is 1. The average molecular weight is 341 g/mol. The van der Waals surface area contributed by atoms with Crippen molar-refractivity contribution in [3.63, 3.8) is 0 Å². The van der Waals surface area contributed by atoms with E-state index in [0.717, 1.165) is 6.07 Å². The number of rotatable bonds is 5. The number of hydrogen-bond donors (Lipinski definition) is 1. The van der Waals surface area contributed by atoms with Gasteiger partial charge in [-0.2, -0.15) is 0 Å². The molecule has 1 atom stereocenters. The third-order valence-electron chi connectivity index (χ3n) is 4.17. The predicted molar refractivity (Wildman–Crippen MR) is 86.9 cm³/mol. The highest BCUT2D eigenvalue weighted by molar-refractivity contribution is 7.71. The Hall–Kier alpha value is -1.76. The minimum absolute atomic E-state index is 0.0224. The highest BCUT2D eigenvalue weighted by atomic mass is 32.1. The van der Waals surface area contributed by atoms with Crippen molar-refractivity contribution in [3.05, 3.63) is 40.9 Å². The van der Waals surface area contributed by atoms with Gasteiger partial charge >= 0.3 is 0 Å². The number of hydrogen-bond acceptors (Lipinski definition) is 3.